The van der Waals surface area contributed by atoms with E-state index in [2.05, 4.69) is 10.3 Å². The van der Waals surface area contributed by atoms with Gasteiger partial charge in [0.2, 0.25) is 10.0 Å². The standard InChI is InChI=1S/C22H25N5O6S/c1-4-14-5-6-15(11-18(14)34(31,32)27-7-9-33-10-8-27)20(28)24-16-12-17-19(23-13-16)25(2)22(30)26(3)21(17)29/h5-6,11-13H,4,7-10H2,1-3H3,(H,24,28). The maximum atomic E-state index is 13.2. The van der Waals surface area contributed by atoms with E-state index in [9.17, 15) is 22.8 Å². The van der Waals surface area contributed by atoms with Crippen LogP contribution in [0.3, 0.4) is 0 Å². The number of aryl methyl sites for hydroxylation is 2. The van der Waals surface area contributed by atoms with Crippen LogP contribution in [0.5, 0.6) is 0 Å². The highest BCUT2D eigenvalue weighted by Gasteiger charge is 2.29. The van der Waals surface area contributed by atoms with Crippen molar-refractivity contribution in [3.05, 3.63) is 62.4 Å². The molecule has 3 heterocycles. The third-order valence-electron chi connectivity index (χ3n) is 5.85. The van der Waals surface area contributed by atoms with Crippen LogP contribution in [0.1, 0.15) is 22.8 Å². The minimum absolute atomic E-state index is 0.0880. The molecule has 0 aliphatic carbocycles. The summed E-state index contributed by atoms with van der Waals surface area (Å²) in [5, 5.41) is 2.83. The highest BCUT2D eigenvalue weighted by Crippen LogP contribution is 2.24. The number of anilines is 1. The molecule has 4 rings (SSSR count). The molecule has 180 valence electrons. The number of carbonyl (C=O) groups is 1. The van der Waals surface area contributed by atoms with Crippen molar-refractivity contribution in [3.8, 4) is 0 Å². The summed E-state index contributed by atoms with van der Waals surface area (Å²) in [6.45, 7) is 2.99. The van der Waals surface area contributed by atoms with Gasteiger partial charge in [-0.1, -0.05) is 13.0 Å². The summed E-state index contributed by atoms with van der Waals surface area (Å²) in [5.41, 5.74) is 0.153. The zero-order chi connectivity index (χ0) is 24.6. The lowest BCUT2D eigenvalue weighted by molar-refractivity contribution is 0.0730. The molecule has 1 aliphatic rings. The average molecular weight is 488 g/mol. The van der Waals surface area contributed by atoms with E-state index in [1.165, 1.54) is 41.3 Å². The third kappa shape index (κ3) is 4.15. The van der Waals surface area contributed by atoms with Crippen molar-refractivity contribution < 1.29 is 17.9 Å². The molecule has 1 saturated heterocycles. The summed E-state index contributed by atoms with van der Waals surface area (Å²) in [5.74, 6) is -0.552. The van der Waals surface area contributed by atoms with Gasteiger partial charge in [0, 0.05) is 32.7 Å². The van der Waals surface area contributed by atoms with E-state index < -0.39 is 27.2 Å². The van der Waals surface area contributed by atoms with Gasteiger partial charge in [-0.15, -0.1) is 0 Å². The van der Waals surface area contributed by atoms with Crippen molar-refractivity contribution in [2.45, 2.75) is 18.2 Å². The first-order chi connectivity index (χ1) is 16.1. The molecule has 1 N–H and O–H groups in total. The van der Waals surface area contributed by atoms with E-state index in [-0.39, 0.29) is 40.3 Å². The minimum atomic E-state index is -3.80. The maximum Gasteiger partial charge on any atom is 0.332 e. The average Bonchev–Trinajstić information content (AvgIpc) is 2.86. The van der Waals surface area contributed by atoms with Crippen LogP contribution < -0.4 is 16.6 Å². The van der Waals surface area contributed by atoms with E-state index in [4.69, 9.17) is 4.74 Å². The van der Waals surface area contributed by atoms with Crippen LogP contribution in [0.2, 0.25) is 0 Å². The van der Waals surface area contributed by atoms with Crippen molar-refractivity contribution in [2.75, 3.05) is 31.6 Å². The van der Waals surface area contributed by atoms with Gasteiger partial charge < -0.3 is 10.1 Å². The lowest BCUT2D eigenvalue weighted by atomic mass is 10.1. The lowest BCUT2D eigenvalue weighted by Gasteiger charge is -2.27. The van der Waals surface area contributed by atoms with Crippen molar-refractivity contribution in [2.24, 2.45) is 14.1 Å². The van der Waals surface area contributed by atoms with Gasteiger partial charge in [-0.3, -0.25) is 18.7 Å². The summed E-state index contributed by atoms with van der Waals surface area (Å²) in [7, 11) is -0.934. The van der Waals surface area contributed by atoms with E-state index >= 15 is 0 Å². The highest BCUT2D eigenvalue weighted by atomic mass is 32.2. The molecule has 0 radical (unpaired) electrons. The van der Waals surface area contributed by atoms with Crippen LogP contribution in [0, 0.1) is 0 Å². The van der Waals surface area contributed by atoms with Gasteiger partial charge in [0.25, 0.3) is 11.5 Å². The Bertz CT molecular complexity index is 1500. The Hall–Kier alpha value is -3.35. The number of aromatic nitrogens is 3. The van der Waals surface area contributed by atoms with Gasteiger partial charge in [0.1, 0.15) is 5.65 Å². The van der Waals surface area contributed by atoms with Crippen LogP contribution >= 0.6 is 0 Å². The van der Waals surface area contributed by atoms with Crippen molar-refractivity contribution in [1.82, 2.24) is 18.4 Å². The number of fused-ring (bicyclic) bond motifs is 1. The van der Waals surface area contributed by atoms with Crippen molar-refractivity contribution in [1.29, 1.82) is 0 Å². The zero-order valence-corrected chi connectivity index (χ0v) is 19.9. The molecule has 1 amide bonds. The second-order valence-electron chi connectivity index (χ2n) is 7.95. The number of ether oxygens (including phenoxy) is 1. The molecule has 1 aromatic carbocycles. The quantitative estimate of drug-likeness (QED) is 0.553. The number of sulfonamides is 1. The molecular weight excluding hydrogens is 462 g/mol. The molecule has 11 nitrogen and oxygen atoms in total. The fourth-order valence-electron chi connectivity index (χ4n) is 3.89. The van der Waals surface area contributed by atoms with Crippen molar-refractivity contribution >= 4 is 32.7 Å². The Morgan fingerprint density at radius 3 is 2.50 bits per heavy atom. The number of rotatable bonds is 5. The monoisotopic (exact) mass is 487 g/mol. The van der Waals surface area contributed by atoms with Crippen LogP contribution in [0.25, 0.3) is 11.0 Å². The summed E-state index contributed by atoms with van der Waals surface area (Å²) in [4.78, 5) is 41.8. The first-order valence-corrected chi connectivity index (χ1v) is 12.2. The Labute approximate surface area is 195 Å². The first-order valence-electron chi connectivity index (χ1n) is 10.7. The number of amides is 1. The molecule has 0 bridgehead atoms. The molecule has 0 saturated carbocycles. The SMILES string of the molecule is CCc1ccc(C(=O)Nc2cnc3c(c2)c(=O)n(C)c(=O)n3C)cc1S(=O)(=O)N1CCOCC1. The van der Waals surface area contributed by atoms with Gasteiger partial charge in [0.15, 0.2) is 0 Å². The first kappa shape index (κ1) is 23.8. The number of nitrogens with zero attached hydrogens (tertiary/aromatic N) is 4. The molecule has 12 heteroatoms. The molecule has 1 fully saturated rings. The molecule has 3 aromatic rings. The van der Waals surface area contributed by atoms with E-state index in [0.717, 1.165) is 4.57 Å². The van der Waals surface area contributed by atoms with E-state index in [1.807, 2.05) is 6.92 Å². The lowest BCUT2D eigenvalue weighted by Crippen LogP contribution is -2.41. The molecule has 34 heavy (non-hydrogen) atoms. The van der Waals surface area contributed by atoms with Gasteiger partial charge in [-0.05, 0) is 30.2 Å². The van der Waals surface area contributed by atoms with Gasteiger partial charge in [-0.25, -0.2) is 18.2 Å². The second-order valence-corrected chi connectivity index (χ2v) is 9.85. The molecule has 1 aliphatic heterocycles. The van der Waals surface area contributed by atoms with E-state index in [0.29, 0.717) is 25.2 Å². The van der Waals surface area contributed by atoms with Crippen LogP contribution in [-0.2, 0) is 35.3 Å². The highest BCUT2D eigenvalue weighted by molar-refractivity contribution is 7.89. The summed E-state index contributed by atoms with van der Waals surface area (Å²) in [6, 6.07) is 6.00. The molecule has 0 unspecified atom stereocenters. The normalized spacial score (nSPS) is 14.9. The van der Waals surface area contributed by atoms with Gasteiger partial charge in [-0.2, -0.15) is 4.31 Å². The van der Waals surface area contributed by atoms with Crippen LogP contribution in [0.4, 0.5) is 5.69 Å². The summed E-state index contributed by atoms with van der Waals surface area (Å²) in [6.07, 6.45) is 1.82. The molecular formula is C22H25N5O6S. The molecule has 2 aromatic heterocycles. The smallest absolute Gasteiger partial charge is 0.332 e. The van der Waals surface area contributed by atoms with Crippen molar-refractivity contribution in [3.63, 3.8) is 0 Å². The molecule has 0 atom stereocenters. The Balaban J connectivity index is 1.69. The predicted molar refractivity (Wildman–Crippen MR) is 126 cm³/mol. The Kier molecular flexibility index (Phi) is 6.39. The Morgan fingerprint density at radius 2 is 1.82 bits per heavy atom. The fraction of sp³-hybridized carbons (Fsp3) is 0.364. The topological polar surface area (TPSA) is 133 Å². The van der Waals surface area contributed by atoms with Crippen LogP contribution in [-0.4, -0.2) is 59.1 Å². The number of morpholine rings is 1. The number of hydrogen-bond donors (Lipinski definition) is 1. The Morgan fingerprint density at radius 1 is 1.12 bits per heavy atom. The number of pyridine rings is 1. The minimum Gasteiger partial charge on any atom is -0.379 e. The molecule has 0 spiro atoms. The largest absolute Gasteiger partial charge is 0.379 e. The zero-order valence-electron chi connectivity index (χ0n) is 19.1. The summed E-state index contributed by atoms with van der Waals surface area (Å²) >= 11 is 0. The third-order valence-corrected chi connectivity index (χ3v) is 7.83. The van der Waals surface area contributed by atoms with Crippen LogP contribution in [0.15, 0.2) is 44.9 Å². The van der Waals surface area contributed by atoms with Gasteiger partial charge >= 0.3 is 5.69 Å². The summed E-state index contributed by atoms with van der Waals surface area (Å²) < 4.78 is 35.3. The number of carbonyl (C=O) groups excluding carboxylic acids is 1. The number of hydrogen-bond acceptors (Lipinski definition) is 7. The number of nitrogens with one attached hydrogen (secondary N) is 1. The maximum absolute atomic E-state index is 13.2. The fourth-order valence-corrected chi connectivity index (χ4v) is 5.62. The van der Waals surface area contributed by atoms with E-state index in [1.54, 1.807) is 12.1 Å². The predicted octanol–water partition coefficient (Wildman–Crippen LogP) is 0.468. The number of benzene rings is 1. The second kappa shape index (κ2) is 9.12. The van der Waals surface area contributed by atoms with Gasteiger partial charge in [0.05, 0.1) is 35.4 Å².